The highest BCUT2D eigenvalue weighted by Gasteiger charge is 2.36. The molecule has 1 N–H and O–H groups in total. The van der Waals surface area contributed by atoms with Crippen LogP contribution < -0.4 is 5.32 Å². The fraction of sp³-hybridized carbons (Fsp3) is 0.541. The number of amides is 4. The molecule has 0 bridgehead atoms. The molecule has 0 unspecified atom stereocenters. The van der Waals surface area contributed by atoms with Crippen molar-refractivity contribution in [2.24, 2.45) is 0 Å². The van der Waals surface area contributed by atoms with Gasteiger partial charge in [-0.2, -0.15) is 0 Å². The Morgan fingerprint density at radius 3 is 2.38 bits per heavy atom. The van der Waals surface area contributed by atoms with Gasteiger partial charge in [-0.15, -0.1) is 0 Å². The summed E-state index contributed by atoms with van der Waals surface area (Å²) in [5.41, 5.74) is 5.45. The maximum Gasteiger partial charge on any atom is 0.410 e. The molecular weight excluding hydrogens is 606 g/mol. The average Bonchev–Trinajstić information content (AvgIpc) is 3.29. The molecule has 4 aliphatic rings. The van der Waals surface area contributed by atoms with Crippen LogP contribution in [0.5, 0.6) is 0 Å². The molecule has 11 nitrogen and oxygen atoms in total. The normalized spacial score (nSPS) is 20.6. The van der Waals surface area contributed by atoms with Crippen LogP contribution in [0.15, 0.2) is 48.8 Å². The van der Waals surface area contributed by atoms with Crippen molar-refractivity contribution >= 4 is 34.8 Å². The van der Waals surface area contributed by atoms with Gasteiger partial charge in [0.25, 0.3) is 5.91 Å². The van der Waals surface area contributed by atoms with Gasteiger partial charge in [-0.3, -0.25) is 14.8 Å². The van der Waals surface area contributed by atoms with Crippen LogP contribution in [0, 0.1) is 6.92 Å². The van der Waals surface area contributed by atoms with E-state index in [1.54, 1.807) is 17.3 Å². The number of ether oxygens (including phenoxy) is 1. The van der Waals surface area contributed by atoms with E-state index in [2.05, 4.69) is 26.3 Å². The Kier molecular flexibility index (Phi) is 9.74. The van der Waals surface area contributed by atoms with E-state index in [9.17, 15) is 14.4 Å². The molecule has 254 valence electrons. The standard InChI is InChI=1S/C37H47N7O4/c1-26-23-27(24-32-34(26)39-15-14-38-32)25-33(35(45)42-18-10-29(11-19-42)41-16-5-2-6-17-41)48-37(47)43-20-12-30(13-21-43)44-22-9-28-7-3-4-8-31(28)40-36(44)46/h3-4,7-8,14-15,23-24,29-30,33H,2,5-6,9-13,16-22,25H2,1H3,(H,40,46)/t33-/m1/s1. The van der Waals surface area contributed by atoms with Crippen molar-refractivity contribution < 1.29 is 19.1 Å². The summed E-state index contributed by atoms with van der Waals surface area (Å²) in [4.78, 5) is 58.0. The summed E-state index contributed by atoms with van der Waals surface area (Å²) in [6.45, 7) is 7.19. The molecule has 3 aromatic rings. The molecule has 7 rings (SSSR count). The Balaban J connectivity index is 1.01. The average molecular weight is 654 g/mol. The Morgan fingerprint density at radius 1 is 0.875 bits per heavy atom. The number of hydrogen-bond donors (Lipinski definition) is 1. The monoisotopic (exact) mass is 653 g/mol. The number of hydrogen-bond acceptors (Lipinski definition) is 7. The summed E-state index contributed by atoms with van der Waals surface area (Å²) >= 11 is 0. The van der Waals surface area contributed by atoms with Gasteiger partial charge in [0.15, 0.2) is 6.10 Å². The maximum absolute atomic E-state index is 14.1. The van der Waals surface area contributed by atoms with Gasteiger partial charge in [0, 0.05) is 69.3 Å². The molecule has 48 heavy (non-hydrogen) atoms. The smallest absolute Gasteiger partial charge is 0.410 e. The minimum Gasteiger partial charge on any atom is -0.436 e. The summed E-state index contributed by atoms with van der Waals surface area (Å²) in [5, 5.41) is 3.06. The Hall–Kier alpha value is -4.25. The lowest BCUT2D eigenvalue weighted by Gasteiger charge is -2.41. The van der Waals surface area contributed by atoms with Crippen LogP contribution in [0.4, 0.5) is 15.3 Å². The van der Waals surface area contributed by atoms with Crippen molar-refractivity contribution in [2.75, 3.05) is 51.1 Å². The van der Waals surface area contributed by atoms with Crippen LogP contribution in [0.25, 0.3) is 11.0 Å². The Morgan fingerprint density at radius 2 is 1.58 bits per heavy atom. The number of aryl methyl sites for hydroxylation is 1. The quantitative estimate of drug-likeness (QED) is 0.398. The minimum atomic E-state index is -0.940. The zero-order valence-electron chi connectivity index (χ0n) is 28.0. The van der Waals surface area contributed by atoms with Crippen LogP contribution >= 0.6 is 0 Å². The lowest BCUT2D eigenvalue weighted by Crippen LogP contribution is -2.53. The van der Waals surface area contributed by atoms with Crippen molar-refractivity contribution in [1.29, 1.82) is 0 Å². The third-order valence-electron chi connectivity index (χ3n) is 10.8. The zero-order valence-corrected chi connectivity index (χ0v) is 28.0. The van der Waals surface area contributed by atoms with Crippen molar-refractivity contribution in [3.8, 4) is 0 Å². The third-order valence-corrected chi connectivity index (χ3v) is 10.8. The highest BCUT2D eigenvalue weighted by Crippen LogP contribution is 2.27. The maximum atomic E-state index is 14.1. The molecule has 4 aliphatic heterocycles. The predicted molar refractivity (Wildman–Crippen MR) is 184 cm³/mol. The SMILES string of the molecule is Cc1cc(C[C@@H](OC(=O)N2CCC(N3CCc4ccccc4NC3=O)CC2)C(=O)N2CCC(N3CCCCC3)CC2)cc2nccnc12. The Bertz CT molecular complexity index is 1630. The molecule has 2 aromatic carbocycles. The number of fused-ring (bicyclic) bond motifs is 2. The first-order valence-electron chi connectivity index (χ1n) is 17.8. The molecular formula is C37H47N7O4. The molecule has 3 fully saturated rings. The number of para-hydroxylation sites is 1. The van der Waals surface area contributed by atoms with E-state index in [4.69, 9.17) is 4.74 Å². The highest BCUT2D eigenvalue weighted by molar-refractivity contribution is 5.91. The van der Waals surface area contributed by atoms with E-state index in [0.717, 1.165) is 65.8 Å². The number of likely N-dealkylation sites (tertiary alicyclic amines) is 3. The number of carbonyl (C=O) groups is 3. The summed E-state index contributed by atoms with van der Waals surface area (Å²) in [7, 11) is 0. The first-order valence-corrected chi connectivity index (χ1v) is 17.8. The lowest BCUT2D eigenvalue weighted by molar-refractivity contribution is -0.142. The number of anilines is 1. The second kappa shape index (κ2) is 14.5. The van der Waals surface area contributed by atoms with Crippen LogP contribution in [0.1, 0.15) is 61.6 Å². The van der Waals surface area contributed by atoms with Gasteiger partial charge in [-0.1, -0.05) is 30.7 Å². The van der Waals surface area contributed by atoms with Crippen molar-refractivity contribution in [1.82, 2.24) is 29.6 Å². The topological polar surface area (TPSA) is 111 Å². The molecule has 1 atom stereocenters. The van der Waals surface area contributed by atoms with Crippen molar-refractivity contribution in [2.45, 2.75) is 82.9 Å². The fourth-order valence-electron chi connectivity index (χ4n) is 8.07. The number of carbonyl (C=O) groups excluding carboxylic acids is 3. The van der Waals surface area contributed by atoms with Gasteiger partial charge in [0.2, 0.25) is 0 Å². The van der Waals surface area contributed by atoms with E-state index in [1.807, 2.05) is 47.1 Å². The second-order valence-corrected chi connectivity index (χ2v) is 13.8. The third kappa shape index (κ3) is 7.11. The van der Waals surface area contributed by atoms with Gasteiger partial charge >= 0.3 is 12.1 Å². The number of piperidine rings is 3. The molecule has 1 aromatic heterocycles. The summed E-state index contributed by atoms with van der Waals surface area (Å²) < 4.78 is 6.12. The number of rotatable bonds is 6. The first-order chi connectivity index (χ1) is 23.4. The fourth-order valence-corrected chi connectivity index (χ4v) is 8.07. The van der Waals surface area contributed by atoms with E-state index >= 15 is 0 Å². The van der Waals surface area contributed by atoms with Gasteiger partial charge < -0.3 is 29.7 Å². The summed E-state index contributed by atoms with van der Waals surface area (Å²) in [6, 6.07) is 12.3. The van der Waals surface area contributed by atoms with E-state index < -0.39 is 12.2 Å². The minimum absolute atomic E-state index is 0.0312. The van der Waals surface area contributed by atoms with Gasteiger partial charge in [-0.25, -0.2) is 9.59 Å². The Labute approximate surface area is 282 Å². The molecule has 5 heterocycles. The molecule has 0 spiro atoms. The van der Waals surface area contributed by atoms with Gasteiger partial charge in [-0.05, 0) is 93.8 Å². The van der Waals surface area contributed by atoms with Crippen LogP contribution in [0.3, 0.4) is 0 Å². The van der Waals surface area contributed by atoms with E-state index in [-0.39, 0.29) is 24.4 Å². The molecule has 11 heteroatoms. The van der Waals surface area contributed by atoms with Crippen molar-refractivity contribution in [3.05, 3.63) is 65.5 Å². The highest BCUT2D eigenvalue weighted by atomic mass is 16.6. The summed E-state index contributed by atoms with van der Waals surface area (Å²) in [6.07, 6.45) is 10.0. The molecule has 4 amide bonds. The second-order valence-electron chi connectivity index (χ2n) is 13.8. The number of urea groups is 1. The van der Waals surface area contributed by atoms with Gasteiger partial charge in [0.1, 0.15) is 0 Å². The van der Waals surface area contributed by atoms with Crippen LogP contribution in [-0.4, -0.2) is 112 Å². The molecule has 3 saturated heterocycles. The van der Waals surface area contributed by atoms with E-state index in [0.29, 0.717) is 51.6 Å². The van der Waals surface area contributed by atoms with Gasteiger partial charge in [0.05, 0.1) is 11.0 Å². The zero-order chi connectivity index (χ0) is 33.0. The molecule has 0 aliphatic carbocycles. The number of nitrogens with zero attached hydrogens (tertiary/aromatic N) is 6. The first kappa shape index (κ1) is 32.3. The number of aromatic nitrogens is 2. The predicted octanol–water partition coefficient (Wildman–Crippen LogP) is 5.02. The molecule has 0 radical (unpaired) electrons. The van der Waals surface area contributed by atoms with Crippen LogP contribution in [0.2, 0.25) is 0 Å². The largest absolute Gasteiger partial charge is 0.436 e. The molecule has 0 saturated carbocycles. The number of benzene rings is 2. The van der Waals surface area contributed by atoms with Crippen LogP contribution in [-0.2, 0) is 22.4 Å². The summed E-state index contributed by atoms with van der Waals surface area (Å²) in [5.74, 6) is -0.131. The van der Waals surface area contributed by atoms with Crippen molar-refractivity contribution in [3.63, 3.8) is 0 Å². The number of nitrogens with one attached hydrogen (secondary N) is 1. The lowest BCUT2D eigenvalue weighted by atomic mass is 9.98. The van der Waals surface area contributed by atoms with E-state index in [1.165, 1.54) is 19.3 Å².